The molecule has 3 N–H and O–H groups in total. The van der Waals surface area contributed by atoms with Gasteiger partial charge in [-0.05, 0) is 25.1 Å². The van der Waals surface area contributed by atoms with Crippen molar-refractivity contribution in [2.75, 3.05) is 24.7 Å². The Morgan fingerprint density at radius 1 is 1.37 bits per heavy atom. The second-order valence-electron chi connectivity index (χ2n) is 7.98. The Hall–Kier alpha value is -3.18. The number of halogens is 1. The molecule has 1 saturated heterocycles. The van der Waals surface area contributed by atoms with Crippen LogP contribution in [0.2, 0.25) is 0 Å². The van der Waals surface area contributed by atoms with Gasteiger partial charge in [0.1, 0.15) is 24.2 Å². The summed E-state index contributed by atoms with van der Waals surface area (Å²) in [5.41, 5.74) is -1.16. The van der Waals surface area contributed by atoms with Crippen molar-refractivity contribution in [2.24, 2.45) is 0 Å². The van der Waals surface area contributed by atoms with Gasteiger partial charge in [-0.2, -0.15) is 5.26 Å². The Bertz CT molecular complexity index is 1290. The van der Waals surface area contributed by atoms with Crippen LogP contribution in [0.5, 0.6) is 0 Å². The van der Waals surface area contributed by atoms with Gasteiger partial charge in [-0.3, -0.25) is 22.9 Å². The highest BCUT2D eigenvalue weighted by molar-refractivity contribution is 7.84. The molecule has 11 nitrogen and oxygen atoms in total. The molecule has 2 heterocycles. The number of aromatic nitrogens is 2. The van der Waals surface area contributed by atoms with E-state index in [0.29, 0.717) is 0 Å². The number of aryl methyl sites for hydroxylation is 1. The third-order valence-electron chi connectivity index (χ3n) is 5.57. The number of nitriles is 1. The van der Waals surface area contributed by atoms with Crippen molar-refractivity contribution in [3.63, 3.8) is 0 Å². The molecule has 0 saturated carbocycles. The number of amides is 1. The Morgan fingerprint density at radius 3 is 2.77 bits per heavy atom. The molecule has 0 aliphatic carbocycles. The van der Waals surface area contributed by atoms with Crippen LogP contribution < -0.4 is 16.6 Å². The highest BCUT2D eigenvalue weighted by Crippen LogP contribution is 2.27. The topological polar surface area (TPSA) is 164 Å². The third kappa shape index (κ3) is 6.09. The number of hydrogen-bond acceptors (Lipinski definition) is 8. The van der Waals surface area contributed by atoms with Gasteiger partial charge in [0, 0.05) is 59.1 Å². The highest BCUT2D eigenvalue weighted by Gasteiger charge is 2.35. The van der Waals surface area contributed by atoms with Crippen LogP contribution in [0.3, 0.4) is 0 Å². The van der Waals surface area contributed by atoms with E-state index >= 15 is 0 Å². The molecule has 13 heteroatoms. The normalized spacial score (nSPS) is 20.4. The van der Waals surface area contributed by atoms with E-state index < -0.39 is 58.8 Å². The lowest BCUT2D eigenvalue weighted by atomic mass is 10.1. The predicted molar refractivity (Wildman–Crippen MR) is 123 cm³/mol. The second kappa shape index (κ2) is 11.5. The summed E-state index contributed by atoms with van der Waals surface area (Å²) < 4.78 is 33.4. The fraction of sp³-hybridized carbons (Fsp3) is 0.455. The summed E-state index contributed by atoms with van der Waals surface area (Å²) in [5, 5.41) is 30.6. The average molecular weight is 509 g/mol. The zero-order valence-electron chi connectivity index (χ0n) is 18.8. The maximum atomic E-state index is 13.4. The summed E-state index contributed by atoms with van der Waals surface area (Å²) in [7, 11) is -1.49. The molecule has 1 aliphatic heterocycles. The number of aliphatic hydroxyl groups is 2. The summed E-state index contributed by atoms with van der Waals surface area (Å²) in [5.74, 6) is -1.28. The smallest absolute Gasteiger partial charge is 0.333 e. The Kier molecular flexibility index (Phi) is 8.68. The molecule has 1 fully saturated rings. The molecule has 2 aromatic rings. The van der Waals surface area contributed by atoms with E-state index in [4.69, 9.17) is 10.00 Å². The fourth-order valence-corrected chi connectivity index (χ4v) is 4.56. The van der Waals surface area contributed by atoms with Crippen molar-refractivity contribution >= 4 is 16.7 Å². The van der Waals surface area contributed by atoms with Crippen LogP contribution in [0.15, 0.2) is 34.0 Å². The first-order valence-corrected chi connectivity index (χ1v) is 12.2. The Labute approximate surface area is 201 Å². The third-order valence-corrected chi connectivity index (χ3v) is 6.87. The molecule has 1 aliphatic rings. The van der Waals surface area contributed by atoms with Gasteiger partial charge < -0.3 is 20.3 Å². The van der Waals surface area contributed by atoms with Gasteiger partial charge in [0.25, 0.3) is 11.5 Å². The van der Waals surface area contributed by atoms with Crippen LogP contribution in [0.4, 0.5) is 4.39 Å². The van der Waals surface area contributed by atoms with Crippen LogP contribution in [-0.2, 0) is 22.1 Å². The Balaban J connectivity index is 1.59. The molecule has 3 rings (SSSR count). The minimum absolute atomic E-state index is 0.0218. The van der Waals surface area contributed by atoms with Gasteiger partial charge in [0.2, 0.25) is 0 Å². The van der Waals surface area contributed by atoms with Crippen molar-refractivity contribution < 1.29 is 28.3 Å². The van der Waals surface area contributed by atoms with Crippen LogP contribution >= 0.6 is 0 Å². The molecule has 1 aromatic heterocycles. The van der Waals surface area contributed by atoms with Crippen molar-refractivity contribution in [3.8, 4) is 6.07 Å². The molecule has 1 unspecified atom stereocenters. The number of nitrogens with one attached hydrogen (secondary N) is 1. The zero-order chi connectivity index (χ0) is 25.7. The van der Waals surface area contributed by atoms with E-state index in [1.165, 1.54) is 23.8 Å². The van der Waals surface area contributed by atoms with Gasteiger partial charge in [-0.15, -0.1) is 0 Å². The first kappa shape index (κ1) is 26.4. The lowest BCUT2D eigenvalue weighted by Gasteiger charge is -2.17. The fourth-order valence-electron chi connectivity index (χ4n) is 3.64. The number of benzene rings is 1. The summed E-state index contributed by atoms with van der Waals surface area (Å²) >= 11 is 0. The number of ether oxygens (including phenoxy) is 1. The van der Waals surface area contributed by atoms with E-state index in [2.05, 4.69) is 5.32 Å². The van der Waals surface area contributed by atoms with Crippen LogP contribution in [0.25, 0.3) is 0 Å². The number of carbonyl (C=O) groups excluding carboxylic acids is 1. The number of rotatable bonds is 9. The highest BCUT2D eigenvalue weighted by atomic mass is 32.2. The molecule has 188 valence electrons. The van der Waals surface area contributed by atoms with Gasteiger partial charge in [-0.25, -0.2) is 9.18 Å². The lowest BCUT2D eigenvalue weighted by Crippen LogP contribution is -2.43. The van der Waals surface area contributed by atoms with Crippen molar-refractivity contribution in [1.82, 2.24) is 14.5 Å². The summed E-state index contributed by atoms with van der Waals surface area (Å²) in [4.78, 5) is 37.5. The first-order chi connectivity index (χ1) is 16.7. The zero-order valence-corrected chi connectivity index (χ0v) is 19.7. The number of carbonyl (C=O) groups is 1. The second-order valence-corrected chi connectivity index (χ2v) is 9.68. The van der Waals surface area contributed by atoms with E-state index in [9.17, 15) is 33.2 Å². The molecule has 0 spiro atoms. The molecule has 35 heavy (non-hydrogen) atoms. The molecule has 0 bridgehead atoms. The van der Waals surface area contributed by atoms with Gasteiger partial charge >= 0.3 is 5.69 Å². The van der Waals surface area contributed by atoms with E-state index in [1.54, 1.807) is 6.07 Å². The number of nitrogens with zero attached hydrogens (tertiary/aromatic N) is 3. The van der Waals surface area contributed by atoms with E-state index in [-0.39, 0.29) is 47.7 Å². The van der Waals surface area contributed by atoms with Gasteiger partial charge in [0.15, 0.2) is 0 Å². The quantitative estimate of drug-likeness (QED) is 0.394. The maximum absolute atomic E-state index is 13.4. The molecular weight excluding hydrogens is 483 g/mol. The van der Waals surface area contributed by atoms with Gasteiger partial charge in [-0.1, -0.05) is 0 Å². The largest absolute Gasteiger partial charge is 0.394 e. The maximum Gasteiger partial charge on any atom is 0.333 e. The summed E-state index contributed by atoms with van der Waals surface area (Å²) in [6.07, 6.45) is -1.25. The molecular formula is C22H25FN4O7S. The molecule has 0 radical (unpaired) electrons. The van der Waals surface area contributed by atoms with E-state index in [0.717, 1.165) is 16.7 Å². The van der Waals surface area contributed by atoms with Crippen molar-refractivity contribution in [1.29, 1.82) is 5.26 Å². The minimum atomic E-state index is -1.49. The number of aliphatic hydroxyl groups excluding tert-OH is 2. The van der Waals surface area contributed by atoms with Crippen LogP contribution in [-0.4, -0.2) is 66.3 Å². The van der Waals surface area contributed by atoms with Crippen molar-refractivity contribution in [3.05, 3.63) is 67.7 Å². The van der Waals surface area contributed by atoms with Gasteiger partial charge in [0.05, 0.1) is 18.3 Å². The minimum Gasteiger partial charge on any atom is -0.394 e. The van der Waals surface area contributed by atoms with Crippen LogP contribution in [0, 0.1) is 24.1 Å². The standard InChI is InChI=1S/C22H25FN4O7S/c1-13-11-27(19-9-17(29)18(12-28)34-19)22(32)26(21(13)31)5-7-35(33)6-4-25-20(30)14-2-3-16(23)15(8-14)10-24/h2-3,8,11,17-19,28-29H,4-7,9,12H2,1H3,(H,25,30)/t17-,18+,19+,35?/m0/s1/i23+0. The first-order valence-electron chi connectivity index (χ1n) is 10.8. The lowest BCUT2D eigenvalue weighted by molar-refractivity contribution is -0.0463. The molecule has 1 aromatic carbocycles. The number of hydrogen-bond donors (Lipinski definition) is 3. The van der Waals surface area contributed by atoms with Crippen LogP contribution in [0.1, 0.15) is 34.1 Å². The summed E-state index contributed by atoms with van der Waals surface area (Å²) in [6, 6.07) is 5.01. The predicted octanol–water partition coefficient (Wildman–Crippen LogP) is -0.851. The average Bonchev–Trinajstić information content (AvgIpc) is 3.21. The molecule has 1 amide bonds. The Morgan fingerprint density at radius 2 is 2.11 bits per heavy atom. The van der Waals surface area contributed by atoms with Crippen molar-refractivity contribution in [2.45, 2.75) is 38.3 Å². The SMILES string of the molecule is Cc1cn([C@H]2C[C@H](O)[C@@H](CO)O2)c(=O)n(CCS(=O)CCNC(=O)c2ccc([19F])c(C#N)c2)c1=O. The molecule has 4 atom stereocenters. The monoisotopic (exact) mass is 508 g/mol. The van der Waals surface area contributed by atoms with E-state index in [1.807, 2.05) is 0 Å². The summed E-state index contributed by atoms with van der Waals surface area (Å²) in [6.45, 7) is 0.987.